The number of rotatable bonds is 6. The van der Waals surface area contributed by atoms with Gasteiger partial charge in [0.1, 0.15) is 12.4 Å². The molecule has 9 nitrogen and oxygen atoms in total. The number of carbonyl (C=O) groups excluding carboxylic acids is 2. The van der Waals surface area contributed by atoms with Crippen molar-refractivity contribution in [3.8, 4) is 5.75 Å². The van der Waals surface area contributed by atoms with Gasteiger partial charge in [-0.15, -0.1) is 0 Å². The van der Waals surface area contributed by atoms with Gasteiger partial charge in [0.05, 0.1) is 17.3 Å². The number of nitrogens with zero attached hydrogens (tertiary/aromatic N) is 1. The largest absolute Gasteiger partial charge is 0.483 e. The predicted molar refractivity (Wildman–Crippen MR) is 156 cm³/mol. The van der Waals surface area contributed by atoms with Crippen molar-refractivity contribution in [1.29, 1.82) is 0 Å². The summed E-state index contributed by atoms with van der Waals surface area (Å²) in [7, 11) is 0. The minimum absolute atomic E-state index is 0.0667. The molecule has 4 aliphatic carbocycles. The highest BCUT2D eigenvalue weighted by Gasteiger charge is 2.71. The van der Waals surface area contributed by atoms with Crippen LogP contribution < -0.4 is 10.2 Å². The number of benzene rings is 1. The number of aliphatic hydroxyl groups is 3. The Labute approximate surface area is 251 Å². The van der Waals surface area contributed by atoms with E-state index in [9.17, 15) is 24.9 Å². The topological polar surface area (TPSA) is 138 Å². The van der Waals surface area contributed by atoms with Crippen molar-refractivity contribution in [3.05, 3.63) is 40.4 Å². The third kappa shape index (κ3) is 4.59. The number of fused-ring (bicyclic) bond motifs is 5. The fourth-order valence-corrected chi connectivity index (χ4v) is 9.76. The smallest absolute Gasteiger partial charge is 0.331 e. The average Bonchev–Trinajstić information content (AvgIpc) is 3.48. The highest BCUT2D eigenvalue weighted by molar-refractivity contribution is 6.30. The minimum Gasteiger partial charge on any atom is -0.483 e. The maximum Gasteiger partial charge on any atom is 0.331 e. The molecule has 1 aliphatic heterocycles. The Balaban J connectivity index is 1.23. The van der Waals surface area contributed by atoms with Crippen molar-refractivity contribution < 1.29 is 34.4 Å². The van der Waals surface area contributed by atoms with Gasteiger partial charge in [-0.3, -0.25) is 4.79 Å². The molecule has 0 unspecified atom stereocenters. The maximum atomic E-state index is 12.7. The van der Waals surface area contributed by atoms with Crippen LogP contribution in [-0.2, 0) is 14.3 Å². The number of nitrogens with one attached hydrogen (secondary N) is 1. The Morgan fingerprint density at radius 2 is 1.95 bits per heavy atom. The number of cyclic esters (lactones) is 1. The molecule has 5 aliphatic rings. The van der Waals surface area contributed by atoms with Crippen LogP contribution in [0.3, 0.4) is 0 Å². The van der Waals surface area contributed by atoms with Crippen LogP contribution in [0.25, 0.3) is 0 Å². The first-order chi connectivity index (χ1) is 19.9. The van der Waals surface area contributed by atoms with Crippen LogP contribution >= 0.6 is 11.6 Å². The van der Waals surface area contributed by atoms with Gasteiger partial charge < -0.3 is 24.8 Å². The lowest BCUT2D eigenvalue weighted by Crippen LogP contribution is -2.68. The van der Waals surface area contributed by atoms with E-state index in [-0.39, 0.29) is 36.8 Å². The molecule has 4 N–H and O–H groups in total. The number of esters is 1. The van der Waals surface area contributed by atoms with Crippen LogP contribution in [0, 0.1) is 35.5 Å². The molecule has 0 radical (unpaired) electrons. The van der Waals surface area contributed by atoms with Gasteiger partial charge >= 0.3 is 5.97 Å². The fraction of sp³-hybridized carbons (Fsp3) is 0.656. The lowest BCUT2D eigenvalue weighted by molar-refractivity contribution is -0.237. The predicted octanol–water partition coefficient (Wildman–Crippen LogP) is 3.84. The van der Waals surface area contributed by atoms with Crippen molar-refractivity contribution in [3.63, 3.8) is 0 Å². The second kappa shape index (κ2) is 10.6. The number of ether oxygens (including phenoxy) is 2. The van der Waals surface area contributed by atoms with Crippen LogP contribution in [0.1, 0.15) is 70.3 Å². The van der Waals surface area contributed by atoms with E-state index in [0.717, 1.165) is 30.4 Å². The summed E-state index contributed by atoms with van der Waals surface area (Å²) in [5.74, 6) is -0.290. The van der Waals surface area contributed by atoms with Crippen LogP contribution in [-0.4, -0.2) is 63.9 Å². The number of aliphatic hydroxyl groups excluding tert-OH is 1. The third-order valence-electron chi connectivity index (χ3n) is 11.6. The van der Waals surface area contributed by atoms with Crippen molar-refractivity contribution in [2.45, 2.75) is 88.9 Å². The van der Waals surface area contributed by atoms with E-state index in [0.29, 0.717) is 49.5 Å². The molecule has 4 saturated carbocycles. The van der Waals surface area contributed by atoms with Crippen LogP contribution in [0.5, 0.6) is 5.75 Å². The molecule has 0 aromatic heterocycles. The molecule has 4 fully saturated rings. The molecule has 0 spiro atoms. The molecule has 10 heteroatoms. The SMILES string of the molecule is Cc1cc(Cl)ccc1OCC(=O)N/N=C\[C@]12CC[C@@H](O)C[C@]1(O)CC[C@@H]1[C@@H]2CC[C@]2(C)[C@@H](C3=CC(=O)OC3)CC[C@@]12O. The normalized spacial score (nSPS) is 41.0. The van der Waals surface area contributed by atoms with Gasteiger partial charge in [-0.2, -0.15) is 5.10 Å². The van der Waals surface area contributed by atoms with E-state index in [1.54, 1.807) is 30.5 Å². The first-order valence-corrected chi connectivity index (χ1v) is 15.5. The second-order valence-electron chi connectivity index (χ2n) is 13.5. The molecule has 1 aromatic carbocycles. The van der Waals surface area contributed by atoms with Crippen molar-refractivity contribution >= 4 is 29.7 Å². The summed E-state index contributed by atoms with van der Waals surface area (Å²) < 4.78 is 10.9. The van der Waals surface area contributed by atoms with E-state index in [1.165, 1.54) is 0 Å². The summed E-state index contributed by atoms with van der Waals surface area (Å²) in [4.78, 5) is 24.5. The lowest BCUT2D eigenvalue weighted by atomic mass is 9.41. The lowest BCUT2D eigenvalue weighted by Gasteiger charge is -2.65. The van der Waals surface area contributed by atoms with Gasteiger partial charge in [-0.05, 0) is 105 Å². The quantitative estimate of drug-likeness (QED) is 0.221. The van der Waals surface area contributed by atoms with E-state index in [4.69, 9.17) is 21.1 Å². The molecule has 1 amide bonds. The second-order valence-corrected chi connectivity index (χ2v) is 13.9. The van der Waals surface area contributed by atoms with Crippen molar-refractivity contribution in [2.24, 2.45) is 33.7 Å². The molecule has 0 saturated heterocycles. The van der Waals surface area contributed by atoms with E-state index in [2.05, 4.69) is 17.5 Å². The Bertz CT molecular complexity index is 1330. The maximum absolute atomic E-state index is 12.7. The number of amides is 1. The first kappa shape index (κ1) is 29.6. The zero-order valence-electron chi connectivity index (χ0n) is 24.3. The monoisotopic (exact) mass is 600 g/mol. The van der Waals surface area contributed by atoms with Crippen LogP contribution in [0.4, 0.5) is 0 Å². The van der Waals surface area contributed by atoms with Crippen molar-refractivity contribution in [1.82, 2.24) is 5.43 Å². The third-order valence-corrected chi connectivity index (χ3v) is 11.9. The van der Waals surface area contributed by atoms with E-state index in [1.807, 2.05) is 6.92 Å². The molecular weight excluding hydrogens is 560 g/mol. The Kier molecular flexibility index (Phi) is 7.48. The van der Waals surface area contributed by atoms with Gasteiger partial charge in [-0.25, -0.2) is 10.2 Å². The summed E-state index contributed by atoms with van der Waals surface area (Å²) >= 11 is 6.01. The number of hydrazone groups is 1. The minimum atomic E-state index is -1.20. The number of carbonyl (C=O) groups is 2. The van der Waals surface area contributed by atoms with Gasteiger partial charge in [0.25, 0.3) is 5.91 Å². The number of aryl methyl sites for hydroxylation is 1. The highest BCUT2D eigenvalue weighted by Crippen LogP contribution is 2.70. The molecule has 8 atom stereocenters. The summed E-state index contributed by atoms with van der Waals surface area (Å²) in [6.45, 7) is 4.06. The van der Waals surface area contributed by atoms with Crippen molar-refractivity contribution in [2.75, 3.05) is 13.2 Å². The van der Waals surface area contributed by atoms with Crippen LogP contribution in [0.2, 0.25) is 5.02 Å². The summed E-state index contributed by atoms with van der Waals surface area (Å²) in [5, 5.41) is 40.2. The Morgan fingerprint density at radius 1 is 1.17 bits per heavy atom. The fourth-order valence-electron chi connectivity index (χ4n) is 9.53. The zero-order chi connectivity index (χ0) is 29.9. The zero-order valence-corrected chi connectivity index (χ0v) is 25.0. The van der Waals surface area contributed by atoms with Crippen LogP contribution in [0.15, 0.2) is 34.9 Å². The molecule has 1 aromatic rings. The molecule has 1 heterocycles. The summed E-state index contributed by atoms with van der Waals surface area (Å²) in [6.07, 6.45) is 7.91. The molecule has 42 heavy (non-hydrogen) atoms. The summed E-state index contributed by atoms with van der Waals surface area (Å²) in [5.41, 5.74) is 0.974. The van der Waals surface area contributed by atoms with Gasteiger partial charge in [0, 0.05) is 34.6 Å². The van der Waals surface area contributed by atoms with E-state index >= 15 is 0 Å². The van der Waals surface area contributed by atoms with Gasteiger partial charge in [0.2, 0.25) is 0 Å². The number of hydrogen-bond donors (Lipinski definition) is 4. The number of halogens is 1. The molecule has 0 bridgehead atoms. The Morgan fingerprint density at radius 3 is 2.69 bits per heavy atom. The summed E-state index contributed by atoms with van der Waals surface area (Å²) in [6, 6.07) is 5.17. The number of hydrogen-bond acceptors (Lipinski definition) is 8. The van der Waals surface area contributed by atoms with Gasteiger partial charge in [0.15, 0.2) is 6.61 Å². The van der Waals surface area contributed by atoms with E-state index < -0.39 is 34.0 Å². The first-order valence-electron chi connectivity index (χ1n) is 15.1. The van der Waals surface area contributed by atoms with Gasteiger partial charge in [-0.1, -0.05) is 18.5 Å². The standard InChI is InChI=1S/C32H41ClN2O7/c1-19-13-21(33)3-4-26(19)41-17-27(37)35-34-18-30-10-5-22(36)15-31(30,39)11-7-25-24(30)6-9-29(2)23(8-12-32(25,29)40)20-14-28(38)42-16-20/h3-4,13-14,18,22-25,36,39-40H,5-12,15-17H2,1-2H3,(H,35,37)/b34-18-/t22-,23-,24+,25-,29-,30+,31-,32-/m1/s1. The highest BCUT2D eigenvalue weighted by atomic mass is 35.5. The molecule has 228 valence electrons. The molecule has 6 rings (SSSR count). The average molecular weight is 601 g/mol. The Hall–Kier alpha value is -2.46. The molecular formula is C32H41ClN2O7.